The number of rotatable bonds is 8. The molecule has 0 unspecified atom stereocenters. The van der Waals surface area contributed by atoms with E-state index in [-0.39, 0.29) is 5.75 Å². The van der Waals surface area contributed by atoms with Crippen molar-refractivity contribution in [3.63, 3.8) is 0 Å². The molecule has 1 aromatic carbocycles. The molecule has 0 aliphatic carbocycles. The minimum atomic E-state index is -3.23. The number of unbranched alkanes of at least 4 members (excludes halogenated alkanes) is 1. The number of hydrogen-bond donors (Lipinski definition) is 2. The SMILES string of the molecule is CCNCCCCS(=O)(=O)Nc1ccc(Br)cc1. The molecule has 0 heterocycles. The summed E-state index contributed by atoms with van der Waals surface area (Å²) < 4.78 is 27.0. The Labute approximate surface area is 117 Å². The van der Waals surface area contributed by atoms with Crippen LogP contribution in [-0.2, 0) is 10.0 Å². The molecule has 2 N–H and O–H groups in total. The molecule has 0 aromatic heterocycles. The maximum atomic E-state index is 11.8. The predicted molar refractivity (Wildman–Crippen MR) is 79.3 cm³/mol. The molecular weight excluding hydrogens is 316 g/mol. The standard InChI is InChI=1S/C12H19BrN2O2S/c1-2-14-9-3-4-10-18(16,17)15-12-7-5-11(13)6-8-12/h5-8,14-15H,2-4,9-10H2,1H3. The Morgan fingerprint density at radius 1 is 1.17 bits per heavy atom. The number of hydrogen-bond acceptors (Lipinski definition) is 3. The summed E-state index contributed by atoms with van der Waals surface area (Å²) in [6.45, 7) is 3.82. The highest BCUT2D eigenvalue weighted by Gasteiger charge is 2.09. The van der Waals surface area contributed by atoms with Crippen molar-refractivity contribution >= 4 is 31.6 Å². The predicted octanol–water partition coefficient (Wildman–Crippen LogP) is 2.58. The Kier molecular flexibility index (Phi) is 6.67. The summed E-state index contributed by atoms with van der Waals surface area (Å²) in [4.78, 5) is 0. The van der Waals surface area contributed by atoms with Crippen LogP contribution in [0.1, 0.15) is 19.8 Å². The van der Waals surface area contributed by atoms with Gasteiger partial charge in [-0.2, -0.15) is 0 Å². The van der Waals surface area contributed by atoms with Gasteiger partial charge in [0.1, 0.15) is 0 Å². The van der Waals surface area contributed by atoms with Gasteiger partial charge in [-0.3, -0.25) is 4.72 Å². The number of sulfonamides is 1. The maximum absolute atomic E-state index is 11.8. The van der Waals surface area contributed by atoms with Gasteiger partial charge in [0.2, 0.25) is 10.0 Å². The van der Waals surface area contributed by atoms with E-state index in [4.69, 9.17) is 0 Å². The Hall–Kier alpha value is -0.590. The van der Waals surface area contributed by atoms with E-state index in [9.17, 15) is 8.42 Å². The van der Waals surface area contributed by atoms with Crippen LogP contribution in [0.4, 0.5) is 5.69 Å². The van der Waals surface area contributed by atoms with Crippen molar-refractivity contribution in [2.45, 2.75) is 19.8 Å². The van der Waals surface area contributed by atoms with E-state index in [0.29, 0.717) is 12.1 Å². The van der Waals surface area contributed by atoms with Crippen LogP contribution < -0.4 is 10.0 Å². The fourth-order valence-electron chi connectivity index (χ4n) is 1.47. The lowest BCUT2D eigenvalue weighted by molar-refractivity contribution is 0.593. The normalized spacial score (nSPS) is 11.4. The lowest BCUT2D eigenvalue weighted by Crippen LogP contribution is -2.19. The van der Waals surface area contributed by atoms with E-state index >= 15 is 0 Å². The highest BCUT2D eigenvalue weighted by Crippen LogP contribution is 2.15. The van der Waals surface area contributed by atoms with Crippen molar-refractivity contribution in [1.29, 1.82) is 0 Å². The molecule has 4 nitrogen and oxygen atoms in total. The molecule has 0 radical (unpaired) electrons. The minimum absolute atomic E-state index is 0.161. The third-order valence-electron chi connectivity index (χ3n) is 2.38. The summed E-state index contributed by atoms with van der Waals surface area (Å²) in [5.74, 6) is 0.161. The molecule has 18 heavy (non-hydrogen) atoms. The number of halogens is 1. The zero-order chi connectivity index (χ0) is 13.4. The van der Waals surface area contributed by atoms with Crippen LogP contribution in [0.2, 0.25) is 0 Å². The number of benzene rings is 1. The molecule has 0 bridgehead atoms. The van der Waals surface area contributed by atoms with Crippen LogP contribution in [0.3, 0.4) is 0 Å². The Balaban J connectivity index is 2.37. The lowest BCUT2D eigenvalue weighted by atomic mass is 10.3. The second-order valence-electron chi connectivity index (χ2n) is 3.99. The van der Waals surface area contributed by atoms with Gasteiger partial charge in [0.25, 0.3) is 0 Å². The van der Waals surface area contributed by atoms with Gasteiger partial charge in [-0.05, 0) is 50.2 Å². The number of nitrogens with one attached hydrogen (secondary N) is 2. The molecule has 102 valence electrons. The molecule has 0 spiro atoms. The molecule has 1 aromatic rings. The molecule has 1 rings (SSSR count). The fourth-order valence-corrected chi connectivity index (χ4v) is 2.91. The molecule has 0 aliphatic rings. The van der Waals surface area contributed by atoms with Crippen LogP contribution in [0, 0.1) is 0 Å². The van der Waals surface area contributed by atoms with Crippen molar-refractivity contribution in [2.24, 2.45) is 0 Å². The van der Waals surface area contributed by atoms with Gasteiger partial charge in [0.05, 0.1) is 5.75 Å². The largest absolute Gasteiger partial charge is 0.317 e. The first-order valence-electron chi connectivity index (χ1n) is 6.00. The zero-order valence-electron chi connectivity index (χ0n) is 10.4. The Bertz CT molecular complexity index is 446. The second kappa shape index (κ2) is 7.76. The fraction of sp³-hybridized carbons (Fsp3) is 0.500. The molecule has 0 atom stereocenters. The van der Waals surface area contributed by atoms with Crippen LogP contribution in [-0.4, -0.2) is 27.3 Å². The van der Waals surface area contributed by atoms with Gasteiger partial charge in [0, 0.05) is 10.2 Å². The summed E-state index contributed by atoms with van der Waals surface area (Å²) >= 11 is 3.31. The van der Waals surface area contributed by atoms with Crippen molar-refractivity contribution in [3.8, 4) is 0 Å². The first-order valence-corrected chi connectivity index (χ1v) is 8.45. The third-order valence-corrected chi connectivity index (χ3v) is 4.29. The van der Waals surface area contributed by atoms with Gasteiger partial charge < -0.3 is 5.32 Å². The van der Waals surface area contributed by atoms with Crippen molar-refractivity contribution in [1.82, 2.24) is 5.32 Å². The van der Waals surface area contributed by atoms with Crippen molar-refractivity contribution in [2.75, 3.05) is 23.6 Å². The Morgan fingerprint density at radius 3 is 2.44 bits per heavy atom. The summed E-state index contributed by atoms with van der Waals surface area (Å²) in [6.07, 6.45) is 1.54. The second-order valence-corrected chi connectivity index (χ2v) is 6.75. The summed E-state index contributed by atoms with van der Waals surface area (Å²) in [5.41, 5.74) is 0.602. The molecule has 0 saturated heterocycles. The molecule has 6 heteroatoms. The van der Waals surface area contributed by atoms with Gasteiger partial charge in [0.15, 0.2) is 0 Å². The van der Waals surface area contributed by atoms with Crippen LogP contribution >= 0.6 is 15.9 Å². The first kappa shape index (κ1) is 15.5. The van der Waals surface area contributed by atoms with E-state index in [2.05, 4.69) is 26.0 Å². The summed E-state index contributed by atoms with van der Waals surface area (Å²) in [6, 6.07) is 7.09. The van der Waals surface area contributed by atoms with Crippen LogP contribution in [0.15, 0.2) is 28.7 Å². The van der Waals surface area contributed by atoms with Crippen molar-refractivity contribution < 1.29 is 8.42 Å². The average Bonchev–Trinajstić information content (AvgIpc) is 2.31. The topological polar surface area (TPSA) is 58.2 Å². The lowest BCUT2D eigenvalue weighted by Gasteiger charge is -2.08. The van der Waals surface area contributed by atoms with Crippen molar-refractivity contribution in [3.05, 3.63) is 28.7 Å². The summed E-state index contributed by atoms with van der Waals surface area (Å²) in [5, 5.41) is 3.17. The highest BCUT2D eigenvalue weighted by atomic mass is 79.9. The summed E-state index contributed by atoms with van der Waals surface area (Å²) in [7, 11) is -3.23. The highest BCUT2D eigenvalue weighted by molar-refractivity contribution is 9.10. The molecular formula is C12H19BrN2O2S. The van der Waals surface area contributed by atoms with Gasteiger partial charge in [-0.25, -0.2) is 8.42 Å². The molecule has 0 aliphatic heterocycles. The van der Waals surface area contributed by atoms with E-state index in [1.165, 1.54) is 0 Å². The average molecular weight is 335 g/mol. The smallest absolute Gasteiger partial charge is 0.232 e. The van der Waals surface area contributed by atoms with Crippen LogP contribution in [0.25, 0.3) is 0 Å². The molecule has 0 amide bonds. The first-order chi connectivity index (χ1) is 8.53. The van der Waals surface area contributed by atoms with E-state index in [1.807, 2.05) is 19.1 Å². The van der Waals surface area contributed by atoms with Gasteiger partial charge >= 0.3 is 0 Å². The van der Waals surface area contributed by atoms with E-state index in [1.54, 1.807) is 12.1 Å². The quantitative estimate of drug-likeness (QED) is 0.718. The van der Waals surface area contributed by atoms with Crippen LogP contribution in [0.5, 0.6) is 0 Å². The minimum Gasteiger partial charge on any atom is -0.317 e. The van der Waals surface area contributed by atoms with Gasteiger partial charge in [-0.1, -0.05) is 22.9 Å². The maximum Gasteiger partial charge on any atom is 0.232 e. The Morgan fingerprint density at radius 2 is 1.83 bits per heavy atom. The zero-order valence-corrected chi connectivity index (χ0v) is 12.9. The number of anilines is 1. The third kappa shape index (κ3) is 6.37. The monoisotopic (exact) mass is 334 g/mol. The molecule has 0 fully saturated rings. The van der Waals surface area contributed by atoms with E-state index < -0.39 is 10.0 Å². The van der Waals surface area contributed by atoms with E-state index in [0.717, 1.165) is 24.0 Å². The molecule has 0 saturated carbocycles. The van der Waals surface area contributed by atoms with Gasteiger partial charge in [-0.15, -0.1) is 0 Å².